The van der Waals surface area contributed by atoms with Gasteiger partial charge in [0.1, 0.15) is 0 Å². The second-order valence-corrected chi connectivity index (χ2v) is 4.95. The van der Waals surface area contributed by atoms with E-state index in [1.807, 2.05) is 0 Å². The van der Waals surface area contributed by atoms with Gasteiger partial charge in [-0.2, -0.15) is 0 Å². The van der Waals surface area contributed by atoms with Gasteiger partial charge in [0.2, 0.25) is 0 Å². The quantitative estimate of drug-likeness (QED) is 0.656. The number of alkyl halides is 1. The molecule has 2 saturated carbocycles. The Morgan fingerprint density at radius 3 is 2.57 bits per heavy atom. The zero-order valence-corrected chi connectivity index (χ0v) is 8.65. The highest BCUT2D eigenvalue weighted by Crippen LogP contribution is 2.47. The number of aliphatic hydroxyl groups is 1. The first kappa shape index (κ1) is 10.2. The number of hydrogen-bond donors (Lipinski definition) is 2. The highest BCUT2D eigenvalue weighted by Gasteiger charge is 2.48. The first-order valence-electron chi connectivity index (χ1n) is 5.16. The monoisotopic (exact) mass is 218 g/mol. The van der Waals surface area contributed by atoms with Crippen molar-refractivity contribution in [3.8, 4) is 0 Å². The van der Waals surface area contributed by atoms with Crippen LogP contribution in [0.5, 0.6) is 0 Å². The van der Waals surface area contributed by atoms with Crippen LogP contribution in [0.1, 0.15) is 25.7 Å². The summed E-state index contributed by atoms with van der Waals surface area (Å²) in [5, 5.41) is 18.4. The van der Waals surface area contributed by atoms with Crippen molar-refractivity contribution in [2.24, 2.45) is 17.8 Å². The van der Waals surface area contributed by atoms with E-state index >= 15 is 0 Å². The average molecular weight is 219 g/mol. The van der Waals surface area contributed by atoms with Crippen molar-refractivity contribution in [1.29, 1.82) is 0 Å². The Bertz CT molecular complexity index is 244. The molecule has 2 rings (SSSR count). The van der Waals surface area contributed by atoms with Gasteiger partial charge >= 0.3 is 5.97 Å². The minimum Gasteiger partial charge on any atom is -0.481 e. The molecule has 0 saturated heterocycles. The predicted molar refractivity (Wildman–Crippen MR) is 52.2 cm³/mol. The largest absolute Gasteiger partial charge is 0.481 e. The lowest BCUT2D eigenvalue weighted by Gasteiger charge is -2.38. The Morgan fingerprint density at radius 1 is 1.29 bits per heavy atom. The van der Waals surface area contributed by atoms with Crippen LogP contribution in [0.4, 0.5) is 0 Å². The van der Waals surface area contributed by atoms with E-state index in [0.717, 1.165) is 19.3 Å². The van der Waals surface area contributed by atoms with E-state index < -0.39 is 12.1 Å². The minimum absolute atomic E-state index is 0.193. The zero-order valence-electron chi connectivity index (χ0n) is 7.90. The number of aliphatic hydroxyl groups excluding tert-OH is 1. The molecule has 0 amide bonds. The predicted octanol–water partition coefficient (Wildman–Crippen LogP) is 1.48. The van der Waals surface area contributed by atoms with Crippen molar-refractivity contribution in [2.75, 3.05) is 0 Å². The van der Waals surface area contributed by atoms with Crippen LogP contribution in [0, 0.1) is 17.8 Å². The Kier molecular flexibility index (Phi) is 2.71. The third-order valence-corrected chi connectivity index (χ3v) is 4.35. The van der Waals surface area contributed by atoms with E-state index in [-0.39, 0.29) is 23.1 Å². The molecule has 80 valence electrons. The fraction of sp³-hybridized carbons (Fsp3) is 0.900. The van der Waals surface area contributed by atoms with Crippen LogP contribution >= 0.6 is 11.6 Å². The SMILES string of the molecule is O=C(O)C1CC(O)C(Cl)C2CCCC12. The lowest BCUT2D eigenvalue weighted by atomic mass is 9.72. The fourth-order valence-electron chi connectivity index (χ4n) is 3.05. The molecule has 0 bridgehead atoms. The molecule has 5 atom stereocenters. The lowest BCUT2D eigenvalue weighted by molar-refractivity contribution is -0.147. The molecule has 0 aliphatic heterocycles. The van der Waals surface area contributed by atoms with E-state index in [1.54, 1.807) is 0 Å². The molecule has 0 aromatic carbocycles. The van der Waals surface area contributed by atoms with Crippen molar-refractivity contribution in [2.45, 2.75) is 37.2 Å². The topological polar surface area (TPSA) is 57.5 Å². The van der Waals surface area contributed by atoms with Gasteiger partial charge < -0.3 is 10.2 Å². The third kappa shape index (κ3) is 1.52. The number of hydrogen-bond acceptors (Lipinski definition) is 2. The summed E-state index contributed by atoms with van der Waals surface area (Å²) in [7, 11) is 0. The average Bonchev–Trinajstić information content (AvgIpc) is 2.59. The molecule has 2 N–H and O–H groups in total. The van der Waals surface area contributed by atoms with Gasteiger partial charge in [-0.1, -0.05) is 6.42 Å². The summed E-state index contributed by atoms with van der Waals surface area (Å²) < 4.78 is 0. The van der Waals surface area contributed by atoms with Crippen molar-refractivity contribution < 1.29 is 15.0 Å². The van der Waals surface area contributed by atoms with Crippen molar-refractivity contribution in [3.05, 3.63) is 0 Å². The summed E-state index contributed by atoms with van der Waals surface area (Å²) >= 11 is 6.10. The number of fused-ring (bicyclic) bond motifs is 1. The summed E-state index contributed by atoms with van der Waals surface area (Å²) in [4.78, 5) is 11.0. The molecule has 2 aliphatic rings. The van der Waals surface area contributed by atoms with Gasteiger partial charge in [0.15, 0.2) is 0 Å². The van der Waals surface area contributed by atoms with Gasteiger partial charge in [-0.3, -0.25) is 4.79 Å². The van der Waals surface area contributed by atoms with Crippen LogP contribution in [-0.4, -0.2) is 27.7 Å². The van der Waals surface area contributed by atoms with Crippen LogP contribution < -0.4 is 0 Å². The maximum atomic E-state index is 11.0. The van der Waals surface area contributed by atoms with Crippen molar-refractivity contribution >= 4 is 17.6 Å². The van der Waals surface area contributed by atoms with E-state index in [4.69, 9.17) is 16.7 Å². The molecule has 0 radical (unpaired) electrons. The first-order valence-corrected chi connectivity index (χ1v) is 5.60. The smallest absolute Gasteiger partial charge is 0.306 e. The van der Waals surface area contributed by atoms with Gasteiger partial charge in [-0.25, -0.2) is 0 Å². The lowest BCUT2D eigenvalue weighted by Crippen LogP contribution is -2.44. The second-order valence-electron chi connectivity index (χ2n) is 4.45. The Morgan fingerprint density at radius 2 is 1.93 bits per heavy atom. The van der Waals surface area contributed by atoms with Crippen LogP contribution in [0.25, 0.3) is 0 Å². The maximum Gasteiger partial charge on any atom is 0.306 e. The number of carbonyl (C=O) groups is 1. The molecule has 3 nitrogen and oxygen atoms in total. The minimum atomic E-state index is -0.774. The first-order chi connectivity index (χ1) is 6.61. The summed E-state index contributed by atoms with van der Waals surface area (Å²) in [5.74, 6) is -0.753. The maximum absolute atomic E-state index is 11.0. The summed E-state index contributed by atoms with van der Waals surface area (Å²) in [5.41, 5.74) is 0. The molecule has 5 unspecified atom stereocenters. The molecule has 0 aromatic rings. The fourth-order valence-corrected chi connectivity index (χ4v) is 3.46. The van der Waals surface area contributed by atoms with Gasteiger partial charge in [0, 0.05) is 0 Å². The second kappa shape index (κ2) is 3.70. The molecule has 4 heteroatoms. The summed E-state index contributed by atoms with van der Waals surface area (Å²) in [6, 6.07) is 0. The van der Waals surface area contributed by atoms with Crippen LogP contribution in [0.15, 0.2) is 0 Å². The number of carboxylic acid groups (broad SMARTS) is 1. The highest BCUT2D eigenvalue weighted by molar-refractivity contribution is 6.21. The summed E-state index contributed by atoms with van der Waals surface area (Å²) in [6.45, 7) is 0. The number of rotatable bonds is 1. The number of carboxylic acids is 1. The Balaban J connectivity index is 2.18. The standard InChI is InChI=1S/C10H15ClO3/c11-9-6-3-1-2-5(6)7(10(13)14)4-8(9)12/h5-9,12H,1-4H2,(H,13,14). The van der Waals surface area contributed by atoms with Crippen LogP contribution in [-0.2, 0) is 4.79 Å². The Hall–Kier alpha value is -0.280. The zero-order chi connectivity index (χ0) is 10.3. The number of aliphatic carboxylic acids is 1. The molecular formula is C10H15ClO3. The van der Waals surface area contributed by atoms with Gasteiger partial charge in [-0.05, 0) is 31.1 Å². The number of halogens is 1. The van der Waals surface area contributed by atoms with E-state index in [9.17, 15) is 9.90 Å². The molecule has 2 aliphatic carbocycles. The van der Waals surface area contributed by atoms with Crippen LogP contribution in [0.3, 0.4) is 0 Å². The molecule has 0 heterocycles. The van der Waals surface area contributed by atoms with Crippen LogP contribution in [0.2, 0.25) is 0 Å². The van der Waals surface area contributed by atoms with E-state index in [1.165, 1.54) is 0 Å². The molecule has 0 aromatic heterocycles. The Labute approximate surface area is 88.1 Å². The molecule has 0 spiro atoms. The van der Waals surface area contributed by atoms with Crippen molar-refractivity contribution in [1.82, 2.24) is 0 Å². The third-order valence-electron chi connectivity index (χ3n) is 3.73. The normalized spacial score (nSPS) is 47.4. The summed E-state index contributed by atoms with van der Waals surface area (Å²) in [6.07, 6.45) is 2.66. The highest BCUT2D eigenvalue weighted by atomic mass is 35.5. The van der Waals surface area contributed by atoms with Gasteiger partial charge in [0.25, 0.3) is 0 Å². The molecule has 2 fully saturated rings. The van der Waals surface area contributed by atoms with Gasteiger partial charge in [0.05, 0.1) is 17.4 Å². The van der Waals surface area contributed by atoms with E-state index in [0.29, 0.717) is 6.42 Å². The van der Waals surface area contributed by atoms with E-state index in [2.05, 4.69) is 0 Å². The van der Waals surface area contributed by atoms with Crippen molar-refractivity contribution in [3.63, 3.8) is 0 Å². The van der Waals surface area contributed by atoms with Gasteiger partial charge in [-0.15, -0.1) is 11.6 Å². The molecular weight excluding hydrogens is 204 g/mol. The molecule has 14 heavy (non-hydrogen) atoms.